The average Bonchev–Trinajstić information content (AvgIpc) is 2.74. The van der Waals surface area contributed by atoms with Gasteiger partial charge in [-0.05, 0) is 12.1 Å². The normalized spacial score (nSPS) is 11.4. The van der Waals surface area contributed by atoms with Gasteiger partial charge in [-0.25, -0.2) is 0 Å². The van der Waals surface area contributed by atoms with Crippen molar-refractivity contribution in [3.63, 3.8) is 0 Å². The molecule has 19 heavy (non-hydrogen) atoms. The summed E-state index contributed by atoms with van der Waals surface area (Å²) in [6, 6.07) is 13.6. The zero-order valence-corrected chi connectivity index (χ0v) is 11.9. The van der Waals surface area contributed by atoms with Crippen molar-refractivity contribution in [2.24, 2.45) is 0 Å². The summed E-state index contributed by atoms with van der Waals surface area (Å²) >= 11 is 17.8. The zero-order valence-electron chi connectivity index (χ0n) is 9.59. The molecule has 6 heteroatoms. The van der Waals surface area contributed by atoms with E-state index in [2.05, 4.69) is 10.2 Å². The lowest BCUT2D eigenvalue weighted by Gasteiger charge is -2.02. The van der Waals surface area contributed by atoms with E-state index in [4.69, 9.17) is 34.8 Å². The van der Waals surface area contributed by atoms with Crippen LogP contribution in [0.25, 0.3) is 16.8 Å². The van der Waals surface area contributed by atoms with E-state index in [1.54, 1.807) is 0 Å². The molecule has 0 aliphatic heterocycles. The highest BCUT2D eigenvalue weighted by atomic mass is 35.5. The van der Waals surface area contributed by atoms with Crippen molar-refractivity contribution in [1.82, 2.24) is 14.8 Å². The first-order valence-corrected chi connectivity index (χ1v) is 6.81. The Kier molecular flexibility index (Phi) is 3.35. The van der Waals surface area contributed by atoms with Crippen LogP contribution < -0.4 is 0 Å². The molecule has 0 saturated heterocycles. The van der Waals surface area contributed by atoms with Gasteiger partial charge in [0.2, 0.25) is 0 Å². The van der Waals surface area contributed by atoms with E-state index >= 15 is 0 Å². The number of hydrogen-bond acceptors (Lipinski definition) is 2. The summed E-state index contributed by atoms with van der Waals surface area (Å²) in [7, 11) is 0. The first-order chi connectivity index (χ1) is 9.16. The van der Waals surface area contributed by atoms with Gasteiger partial charge in [0.1, 0.15) is 4.84 Å². The number of aromatic nitrogens is 3. The van der Waals surface area contributed by atoms with Gasteiger partial charge in [-0.2, -0.15) is 0 Å². The minimum Gasteiger partial charge on any atom is -0.150 e. The van der Waals surface area contributed by atoms with Gasteiger partial charge in [0.15, 0.2) is 5.15 Å². The van der Waals surface area contributed by atoms with Crippen LogP contribution in [0.5, 0.6) is 0 Å². The molecule has 2 heterocycles. The lowest BCUT2D eigenvalue weighted by Crippen LogP contribution is -1.96. The van der Waals surface area contributed by atoms with Crippen molar-refractivity contribution in [2.45, 2.75) is 4.84 Å². The van der Waals surface area contributed by atoms with Gasteiger partial charge < -0.3 is 0 Å². The third-order valence-corrected chi connectivity index (χ3v) is 3.50. The standard InChI is InChI=1S/C13H8Cl3N3/c14-12(15)11-10-7-6-9(8-4-2-1-3-5-8)17-19(10)18-13(11)16/h1-7,12H. The maximum atomic E-state index is 6.02. The molecule has 0 N–H and O–H groups in total. The third kappa shape index (κ3) is 2.29. The smallest absolute Gasteiger partial charge is 0.150 e. The summed E-state index contributed by atoms with van der Waals surface area (Å²) in [5.74, 6) is 0. The van der Waals surface area contributed by atoms with Gasteiger partial charge in [0.05, 0.1) is 16.8 Å². The Morgan fingerprint density at radius 2 is 1.68 bits per heavy atom. The maximum absolute atomic E-state index is 6.02. The van der Waals surface area contributed by atoms with Crippen molar-refractivity contribution in [2.75, 3.05) is 0 Å². The van der Waals surface area contributed by atoms with Gasteiger partial charge in [0, 0.05) is 5.56 Å². The van der Waals surface area contributed by atoms with Gasteiger partial charge >= 0.3 is 0 Å². The van der Waals surface area contributed by atoms with E-state index in [-0.39, 0.29) is 5.15 Å². The van der Waals surface area contributed by atoms with Crippen LogP contribution in [-0.2, 0) is 0 Å². The molecular formula is C13H8Cl3N3. The Morgan fingerprint density at radius 1 is 0.947 bits per heavy atom. The summed E-state index contributed by atoms with van der Waals surface area (Å²) in [5.41, 5.74) is 3.10. The number of rotatable bonds is 2. The van der Waals surface area contributed by atoms with Crippen LogP contribution in [0, 0.1) is 0 Å². The number of benzene rings is 1. The molecule has 96 valence electrons. The van der Waals surface area contributed by atoms with E-state index in [1.807, 2.05) is 42.5 Å². The molecule has 3 rings (SSSR count). The minimum absolute atomic E-state index is 0.271. The predicted molar refractivity (Wildman–Crippen MR) is 77.9 cm³/mol. The van der Waals surface area contributed by atoms with E-state index < -0.39 is 4.84 Å². The fraction of sp³-hybridized carbons (Fsp3) is 0.0769. The van der Waals surface area contributed by atoms with Crippen LogP contribution in [0.15, 0.2) is 42.5 Å². The third-order valence-electron chi connectivity index (χ3n) is 2.79. The van der Waals surface area contributed by atoms with Crippen molar-refractivity contribution in [1.29, 1.82) is 0 Å². The molecule has 3 nitrogen and oxygen atoms in total. The van der Waals surface area contributed by atoms with E-state index in [0.717, 1.165) is 11.3 Å². The van der Waals surface area contributed by atoms with E-state index in [1.165, 1.54) is 4.63 Å². The molecule has 0 aliphatic carbocycles. The van der Waals surface area contributed by atoms with Gasteiger partial charge in [-0.15, -0.1) is 14.8 Å². The van der Waals surface area contributed by atoms with E-state index in [0.29, 0.717) is 11.1 Å². The first-order valence-electron chi connectivity index (χ1n) is 5.56. The molecule has 0 amide bonds. The second kappa shape index (κ2) is 5.00. The number of alkyl halides is 2. The largest absolute Gasteiger partial charge is 0.159 e. The van der Waals surface area contributed by atoms with Gasteiger partial charge in [-0.1, -0.05) is 65.1 Å². The molecule has 0 radical (unpaired) electrons. The Labute approximate surface area is 124 Å². The van der Waals surface area contributed by atoms with Crippen LogP contribution in [0.3, 0.4) is 0 Å². The fourth-order valence-corrected chi connectivity index (χ4v) is 2.71. The molecule has 2 aromatic heterocycles. The molecule has 0 bridgehead atoms. The number of fused-ring (bicyclic) bond motifs is 1. The number of nitrogens with zero attached hydrogens (tertiary/aromatic N) is 3. The second-order valence-corrected chi connectivity index (χ2v) is 5.42. The molecule has 3 aromatic rings. The Hall–Kier alpha value is -1.29. The fourth-order valence-electron chi connectivity index (χ4n) is 1.89. The van der Waals surface area contributed by atoms with Crippen LogP contribution in [-0.4, -0.2) is 14.8 Å². The molecule has 1 aromatic carbocycles. The molecule has 0 atom stereocenters. The highest BCUT2D eigenvalue weighted by Gasteiger charge is 2.18. The monoisotopic (exact) mass is 311 g/mol. The van der Waals surface area contributed by atoms with E-state index in [9.17, 15) is 0 Å². The zero-order chi connectivity index (χ0) is 13.4. The molecule has 0 fully saturated rings. The Balaban J connectivity index is 2.18. The SMILES string of the molecule is Clc1nn2nc(-c3ccccc3)ccc2c1C(Cl)Cl. The Morgan fingerprint density at radius 3 is 2.37 bits per heavy atom. The first kappa shape index (κ1) is 12.7. The van der Waals surface area contributed by atoms with Crippen LogP contribution in [0.2, 0.25) is 5.15 Å². The van der Waals surface area contributed by atoms with Gasteiger partial charge in [0.25, 0.3) is 0 Å². The van der Waals surface area contributed by atoms with Gasteiger partial charge in [-0.3, -0.25) is 0 Å². The lowest BCUT2D eigenvalue weighted by atomic mass is 10.1. The summed E-state index contributed by atoms with van der Waals surface area (Å²) < 4.78 is 1.46. The van der Waals surface area contributed by atoms with Crippen LogP contribution >= 0.6 is 34.8 Å². The Bertz CT molecular complexity index is 723. The molecule has 0 unspecified atom stereocenters. The van der Waals surface area contributed by atoms with Crippen molar-refractivity contribution < 1.29 is 0 Å². The number of halogens is 3. The van der Waals surface area contributed by atoms with Crippen LogP contribution in [0.1, 0.15) is 10.4 Å². The lowest BCUT2D eigenvalue weighted by molar-refractivity contribution is 0.805. The quantitative estimate of drug-likeness (QED) is 0.651. The summed E-state index contributed by atoms with van der Waals surface area (Å²) in [6.45, 7) is 0. The molecule has 0 spiro atoms. The molecule has 0 aliphatic rings. The predicted octanol–water partition coefficient (Wildman–Crippen LogP) is 4.53. The highest BCUT2D eigenvalue weighted by molar-refractivity contribution is 6.46. The van der Waals surface area contributed by atoms with Crippen molar-refractivity contribution in [3.05, 3.63) is 53.2 Å². The minimum atomic E-state index is -0.727. The molecular weight excluding hydrogens is 305 g/mol. The summed E-state index contributed by atoms with van der Waals surface area (Å²) in [5, 5.41) is 8.81. The molecule has 0 saturated carbocycles. The topological polar surface area (TPSA) is 30.2 Å². The highest BCUT2D eigenvalue weighted by Crippen LogP contribution is 2.34. The van der Waals surface area contributed by atoms with Crippen molar-refractivity contribution >= 4 is 40.3 Å². The number of hydrogen-bond donors (Lipinski definition) is 0. The van der Waals surface area contributed by atoms with Crippen molar-refractivity contribution in [3.8, 4) is 11.3 Å². The summed E-state index contributed by atoms with van der Waals surface area (Å²) in [6.07, 6.45) is 0. The second-order valence-electron chi connectivity index (χ2n) is 3.96. The average molecular weight is 313 g/mol. The van der Waals surface area contributed by atoms with Crippen LogP contribution in [0.4, 0.5) is 0 Å². The summed E-state index contributed by atoms with van der Waals surface area (Å²) in [4.78, 5) is -0.727. The maximum Gasteiger partial charge on any atom is 0.159 e.